The zero-order chi connectivity index (χ0) is 17.6. The Morgan fingerprint density at radius 1 is 0.760 bits per heavy atom. The minimum absolute atomic E-state index is 0.220. The maximum absolute atomic E-state index is 12.6. The fourth-order valence-electron chi connectivity index (χ4n) is 2.38. The highest BCUT2D eigenvalue weighted by Gasteiger charge is 2.20. The molecule has 0 heterocycles. The molecule has 0 saturated heterocycles. The Morgan fingerprint density at radius 3 is 2.12 bits per heavy atom. The Kier molecular flexibility index (Phi) is 5.31. The van der Waals surface area contributed by atoms with Crippen LogP contribution in [0.3, 0.4) is 0 Å². The highest BCUT2D eigenvalue weighted by molar-refractivity contribution is 7.98. The van der Waals surface area contributed by atoms with Crippen molar-refractivity contribution in [2.24, 2.45) is 0 Å². The van der Waals surface area contributed by atoms with Gasteiger partial charge >= 0.3 is 0 Å². The second-order valence-corrected chi connectivity index (χ2v) is 6.49. The summed E-state index contributed by atoms with van der Waals surface area (Å²) in [7, 11) is 0. The van der Waals surface area contributed by atoms with E-state index in [0.29, 0.717) is 16.9 Å². The number of rotatable bonds is 6. The highest BCUT2D eigenvalue weighted by atomic mass is 32.2. The molecule has 0 aliphatic carbocycles. The van der Waals surface area contributed by atoms with Crippen molar-refractivity contribution in [1.82, 2.24) is 0 Å². The number of Topliss-reactive ketones (excluding diaryl/α,β-unsaturated/α-hetero) is 2. The van der Waals surface area contributed by atoms with Crippen LogP contribution in [0.25, 0.3) is 0 Å². The molecule has 0 unspecified atom stereocenters. The molecule has 0 bridgehead atoms. The Balaban J connectivity index is 1.79. The normalized spacial score (nSPS) is 10.4. The van der Waals surface area contributed by atoms with Gasteiger partial charge in [0.25, 0.3) is 0 Å². The lowest BCUT2D eigenvalue weighted by molar-refractivity contribution is 0.0815. The molecule has 0 atom stereocenters. The van der Waals surface area contributed by atoms with E-state index in [2.05, 4.69) is 0 Å². The van der Waals surface area contributed by atoms with E-state index in [1.807, 2.05) is 30.3 Å². The van der Waals surface area contributed by atoms with Gasteiger partial charge in [0.2, 0.25) is 11.6 Å². The van der Waals surface area contributed by atoms with Crippen molar-refractivity contribution < 1.29 is 14.7 Å². The largest absolute Gasteiger partial charge is 0.508 e. The predicted molar refractivity (Wildman–Crippen MR) is 99.2 cm³/mol. The lowest BCUT2D eigenvalue weighted by Crippen LogP contribution is -2.15. The number of hydrogen-bond donors (Lipinski definition) is 1. The van der Waals surface area contributed by atoms with Crippen LogP contribution < -0.4 is 0 Å². The number of thioether (sulfide) groups is 1. The topological polar surface area (TPSA) is 54.4 Å². The van der Waals surface area contributed by atoms with Crippen molar-refractivity contribution in [1.29, 1.82) is 0 Å². The molecule has 0 saturated carbocycles. The van der Waals surface area contributed by atoms with Gasteiger partial charge in [0.15, 0.2) is 0 Å². The molecule has 0 amide bonds. The van der Waals surface area contributed by atoms with Crippen molar-refractivity contribution in [3.8, 4) is 5.75 Å². The van der Waals surface area contributed by atoms with Crippen LogP contribution in [-0.2, 0) is 5.75 Å². The first-order valence-corrected chi connectivity index (χ1v) is 8.77. The summed E-state index contributed by atoms with van der Waals surface area (Å²) in [4.78, 5) is 25.8. The van der Waals surface area contributed by atoms with Gasteiger partial charge in [-0.1, -0.05) is 54.6 Å². The first kappa shape index (κ1) is 17.0. The molecule has 124 valence electrons. The molecule has 0 aromatic heterocycles. The summed E-state index contributed by atoms with van der Waals surface area (Å²) >= 11 is 1.49. The zero-order valence-electron chi connectivity index (χ0n) is 13.4. The van der Waals surface area contributed by atoms with E-state index >= 15 is 0 Å². The van der Waals surface area contributed by atoms with Gasteiger partial charge in [0.05, 0.1) is 0 Å². The average molecular weight is 348 g/mol. The molecule has 0 radical (unpaired) electrons. The number of benzene rings is 3. The van der Waals surface area contributed by atoms with Crippen LogP contribution in [0.2, 0.25) is 0 Å². The second-order valence-electron chi connectivity index (χ2n) is 5.48. The molecular formula is C21H16O3S. The van der Waals surface area contributed by atoms with Gasteiger partial charge in [-0.3, -0.25) is 9.59 Å². The molecule has 0 fully saturated rings. The molecule has 3 aromatic carbocycles. The molecular weight excluding hydrogens is 332 g/mol. The van der Waals surface area contributed by atoms with Gasteiger partial charge in [-0.25, -0.2) is 0 Å². The van der Waals surface area contributed by atoms with Crippen LogP contribution in [0.1, 0.15) is 26.3 Å². The number of aromatic hydroxyl groups is 1. The van der Waals surface area contributed by atoms with Crippen LogP contribution in [-0.4, -0.2) is 16.7 Å². The summed E-state index contributed by atoms with van der Waals surface area (Å²) in [5.41, 5.74) is 1.84. The van der Waals surface area contributed by atoms with E-state index in [0.717, 1.165) is 10.5 Å². The number of ketones is 2. The van der Waals surface area contributed by atoms with Gasteiger partial charge in [-0.05, 0) is 29.8 Å². The number of carbonyl (C=O) groups excluding carboxylic acids is 2. The second kappa shape index (κ2) is 7.81. The number of phenolic OH excluding ortho intramolecular Hbond substituents is 1. The maximum Gasteiger partial charge on any atom is 0.234 e. The number of hydrogen-bond acceptors (Lipinski definition) is 4. The van der Waals surface area contributed by atoms with Crippen molar-refractivity contribution in [3.63, 3.8) is 0 Å². The number of carbonyl (C=O) groups is 2. The zero-order valence-corrected chi connectivity index (χ0v) is 14.2. The maximum atomic E-state index is 12.6. The third kappa shape index (κ3) is 4.17. The fourth-order valence-corrected chi connectivity index (χ4v) is 3.38. The minimum atomic E-state index is -0.502. The lowest BCUT2D eigenvalue weighted by Gasteiger charge is -2.08. The molecule has 25 heavy (non-hydrogen) atoms. The summed E-state index contributed by atoms with van der Waals surface area (Å²) in [6.07, 6.45) is 0. The minimum Gasteiger partial charge on any atom is -0.508 e. The summed E-state index contributed by atoms with van der Waals surface area (Å²) < 4.78 is 0. The first-order valence-electron chi connectivity index (χ1n) is 7.79. The van der Waals surface area contributed by atoms with Gasteiger partial charge in [0, 0.05) is 21.8 Å². The Bertz CT molecular complexity index is 887. The van der Waals surface area contributed by atoms with Crippen LogP contribution in [0.5, 0.6) is 5.75 Å². The third-order valence-electron chi connectivity index (χ3n) is 3.70. The molecule has 3 nitrogen and oxygen atoms in total. The summed E-state index contributed by atoms with van der Waals surface area (Å²) in [5, 5.41) is 9.34. The molecule has 4 heteroatoms. The molecule has 0 spiro atoms. The van der Waals surface area contributed by atoms with Gasteiger partial charge in [-0.15, -0.1) is 11.8 Å². The summed E-state index contributed by atoms with van der Waals surface area (Å²) in [6, 6.07) is 22.7. The van der Waals surface area contributed by atoms with Crippen molar-refractivity contribution in [2.45, 2.75) is 10.6 Å². The van der Waals surface area contributed by atoms with E-state index in [1.165, 1.54) is 11.8 Å². The van der Waals surface area contributed by atoms with Gasteiger partial charge < -0.3 is 5.11 Å². The molecule has 0 aliphatic rings. The van der Waals surface area contributed by atoms with E-state index in [4.69, 9.17) is 0 Å². The SMILES string of the molecule is O=C(C(=O)c1ccccc1SCc1ccc(O)cc1)c1ccccc1. The van der Waals surface area contributed by atoms with Crippen LogP contribution in [0.15, 0.2) is 83.8 Å². The van der Waals surface area contributed by atoms with Gasteiger partial charge in [-0.2, -0.15) is 0 Å². The third-order valence-corrected chi connectivity index (χ3v) is 4.85. The highest BCUT2D eigenvalue weighted by Crippen LogP contribution is 2.28. The van der Waals surface area contributed by atoms with Crippen molar-refractivity contribution in [3.05, 3.63) is 95.6 Å². The molecule has 3 aromatic rings. The van der Waals surface area contributed by atoms with Crippen molar-refractivity contribution in [2.75, 3.05) is 0 Å². The first-order chi connectivity index (χ1) is 12.1. The van der Waals surface area contributed by atoms with Crippen molar-refractivity contribution >= 4 is 23.3 Å². The quantitative estimate of drug-likeness (QED) is 0.397. The van der Waals surface area contributed by atoms with Gasteiger partial charge in [0.1, 0.15) is 5.75 Å². The monoisotopic (exact) mass is 348 g/mol. The van der Waals surface area contributed by atoms with Crippen LogP contribution in [0, 0.1) is 0 Å². The van der Waals surface area contributed by atoms with Crippen LogP contribution >= 0.6 is 11.8 Å². The van der Waals surface area contributed by atoms with E-state index < -0.39 is 11.6 Å². The smallest absolute Gasteiger partial charge is 0.234 e. The Labute approximate surface area is 150 Å². The summed E-state index contributed by atoms with van der Waals surface area (Å²) in [6.45, 7) is 0. The standard InChI is InChI=1S/C21H16O3S/c22-17-12-10-15(11-13-17)14-25-19-9-5-4-8-18(19)21(24)20(23)16-6-2-1-3-7-16/h1-13,22H,14H2. The lowest BCUT2D eigenvalue weighted by atomic mass is 10.0. The number of phenols is 1. The fraction of sp³-hybridized carbons (Fsp3) is 0.0476. The van der Waals surface area contributed by atoms with E-state index in [-0.39, 0.29) is 5.75 Å². The molecule has 0 aliphatic heterocycles. The van der Waals surface area contributed by atoms with E-state index in [9.17, 15) is 14.7 Å². The summed E-state index contributed by atoms with van der Waals surface area (Å²) in [5.74, 6) is -0.138. The molecule has 1 N–H and O–H groups in total. The van der Waals surface area contributed by atoms with Crippen LogP contribution in [0.4, 0.5) is 0 Å². The average Bonchev–Trinajstić information content (AvgIpc) is 2.67. The predicted octanol–water partition coefficient (Wildman–Crippen LogP) is 4.75. The van der Waals surface area contributed by atoms with E-state index in [1.54, 1.807) is 48.5 Å². The Hall–Kier alpha value is -2.85. The molecule has 3 rings (SSSR count). The Morgan fingerprint density at radius 2 is 1.40 bits per heavy atom.